The summed E-state index contributed by atoms with van der Waals surface area (Å²) in [6.45, 7) is 4.55. The van der Waals surface area contributed by atoms with Crippen LogP contribution in [-0.2, 0) is 6.54 Å². The number of rotatable bonds is 2. The lowest BCUT2D eigenvalue weighted by Gasteiger charge is -2.35. The van der Waals surface area contributed by atoms with E-state index in [9.17, 15) is 0 Å². The van der Waals surface area contributed by atoms with E-state index in [0.29, 0.717) is 6.04 Å². The van der Waals surface area contributed by atoms with E-state index in [-0.39, 0.29) is 0 Å². The highest BCUT2D eigenvalue weighted by Gasteiger charge is 2.26. The molecule has 1 atom stereocenters. The van der Waals surface area contributed by atoms with Gasteiger partial charge in [0.15, 0.2) is 0 Å². The molecule has 3 nitrogen and oxygen atoms in total. The zero-order valence-electron chi connectivity index (χ0n) is 11.8. The van der Waals surface area contributed by atoms with E-state index in [1.807, 2.05) is 0 Å². The molecular weight excluding hydrogens is 236 g/mol. The maximum absolute atomic E-state index is 5.34. The van der Waals surface area contributed by atoms with Gasteiger partial charge in [0.1, 0.15) is 5.75 Å². The van der Waals surface area contributed by atoms with Crippen LogP contribution in [0.25, 0.3) is 0 Å². The molecule has 0 aromatic heterocycles. The summed E-state index contributed by atoms with van der Waals surface area (Å²) in [6.07, 6.45) is 5.49. The van der Waals surface area contributed by atoms with Crippen molar-refractivity contribution in [2.45, 2.75) is 38.3 Å². The summed E-state index contributed by atoms with van der Waals surface area (Å²) in [4.78, 5) is 2.67. The molecule has 3 rings (SSSR count). The van der Waals surface area contributed by atoms with Crippen LogP contribution in [0.5, 0.6) is 5.75 Å². The Morgan fingerprint density at radius 2 is 1.95 bits per heavy atom. The van der Waals surface area contributed by atoms with Crippen LogP contribution in [-0.4, -0.2) is 31.6 Å². The summed E-state index contributed by atoms with van der Waals surface area (Å²) in [6, 6.07) is 7.11. The van der Waals surface area contributed by atoms with Gasteiger partial charge in [-0.1, -0.05) is 18.9 Å². The largest absolute Gasteiger partial charge is 0.497 e. The van der Waals surface area contributed by atoms with Gasteiger partial charge in [0.05, 0.1) is 7.11 Å². The number of likely N-dealkylation sites (tertiary alicyclic amines) is 1. The van der Waals surface area contributed by atoms with Crippen molar-refractivity contribution in [1.29, 1.82) is 0 Å². The summed E-state index contributed by atoms with van der Waals surface area (Å²) in [7, 11) is 1.74. The molecule has 0 unspecified atom stereocenters. The van der Waals surface area contributed by atoms with Crippen LogP contribution >= 0.6 is 0 Å². The number of methoxy groups -OCH3 is 1. The van der Waals surface area contributed by atoms with Gasteiger partial charge < -0.3 is 10.1 Å². The van der Waals surface area contributed by atoms with Gasteiger partial charge in [-0.3, -0.25) is 4.90 Å². The molecule has 2 heterocycles. The van der Waals surface area contributed by atoms with Gasteiger partial charge in [0, 0.05) is 19.1 Å². The number of hydrogen-bond acceptors (Lipinski definition) is 3. The molecule has 3 heteroatoms. The number of benzene rings is 1. The number of nitrogens with zero attached hydrogens (tertiary/aromatic N) is 1. The third-order valence-electron chi connectivity index (χ3n) is 4.44. The van der Waals surface area contributed by atoms with Crippen molar-refractivity contribution in [1.82, 2.24) is 10.2 Å². The van der Waals surface area contributed by atoms with E-state index in [1.165, 1.54) is 49.9 Å². The van der Waals surface area contributed by atoms with Gasteiger partial charge in [-0.15, -0.1) is 0 Å². The summed E-state index contributed by atoms with van der Waals surface area (Å²) in [5.74, 6) is 0.970. The lowest BCUT2D eigenvalue weighted by Crippen LogP contribution is -2.40. The van der Waals surface area contributed by atoms with Crippen molar-refractivity contribution in [3.63, 3.8) is 0 Å². The Balaban J connectivity index is 1.84. The lowest BCUT2D eigenvalue weighted by molar-refractivity contribution is 0.192. The lowest BCUT2D eigenvalue weighted by atomic mass is 9.95. The molecule has 1 N–H and O–H groups in total. The highest BCUT2D eigenvalue weighted by molar-refractivity contribution is 5.39. The van der Waals surface area contributed by atoms with Crippen LogP contribution in [0.2, 0.25) is 0 Å². The third-order valence-corrected chi connectivity index (χ3v) is 4.44. The molecule has 1 aromatic rings. The molecule has 0 radical (unpaired) electrons. The van der Waals surface area contributed by atoms with E-state index in [0.717, 1.165) is 18.8 Å². The average Bonchev–Trinajstić information content (AvgIpc) is 2.75. The van der Waals surface area contributed by atoms with E-state index in [1.54, 1.807) is 7.11 Å². The van der Waals surface area contributed by atoms with Crippen molar-refractivity contribution in [2.24, 2.45) is 0 Å². The summed E-state index contributed by atoms with van der Waals surface area (Å²) in [5, 5.41) is 3.56. The molecule has 0 saturated carbocycles. The van der Waals surface area contributed by atoms with E-state index in [4.69, 9.17) is 4.74 Å². The fraction of sp³-hybridized carbons (Fsp3) is 0.625. The second-order valence-corrected chi connectivity index (χ2v) is 5.66. The Labute approximate surface area is 115 Å². The van der Waals surface area contributed by atoms with Crippen LogP contribution in [0.4, 0.5) is 0 Å². The minimum absolute atomic E-state index is 0.549. The van der Waals surface area contributed by atoms with Gasteiger partial charge in [0.25, 0.3) is 0 Å². The maximum atomic E-state index is 5.34. The molecule has 1 fully saturated rings. The first-order valence-corrected chi connectivity index (χ1v) is 7.50. The Bertz CT molecular complexity index is 425. The van der Waals surface area contributed by atoms with E-state index < -0.39 is 0 Å². The molecule has 104 valence electrons. The monoisotopic (exact) mass is 260 g/mol. The van der Waals surface area contributed by atoms with Crippen LogP contribution in [0.3, 0.4) is 0 Å². The first kappa shape index (κ1) is 12.9. The smallest absolute Gasteiger partial charge is 0.119 e. The summed E-state index contributed by atoms with van der Waals surface area (Å²) in [5.41, 5.74) is 2.90. The Kier molecular flexibility index (Phi) is 4.04. The number of fused-ring (bicyclic) bond motifs is 1. The van der Waals surface area contributed by atoms with Crippen molar-refractivity contribution in [3.8, 4) is 5.75 Å². The molecule has 0 amide bonds. The molecule has 1 saturated heterocycles. The van der Waals surface area contributed by atoms with Crippen LogP contribution in [0, 0.1) is 0 Å². The van der Waals surface area contributed by atoms with Crippen LogP contribution in [0.15, 0.2) is 18.2 Å². The molecular formula is C16H24N2O. The number of hydrogen-bond donors (Lipinski definition) is 1. The first-order chi connectivity index (χ1) is 9.38. The van der Waals surface area contributed by atoms with Crippen molar-refractivity contribution >= 4 is 0 Å². The Morgan fingerprint density at radius 3 is 2.68 bits per heavy atom. The SMILES string of the molecule is COc1ccc2c(c1)CNC[C@@H]2N1CCCCCC1. The third kappa shape index (κ3) is 2.77. The van der Waals surface area contributed by atoms with Crippen LogP contribution < -0.4 is 10.1 Å². The average molecular weight is 260 g/mol. The molecule has 2 aliphatic heterocycles. The fourth-order valence-electron chi connectivity index (χ4n) is 3.37. The summed E-state index contributed by atoms with van der Waals surface area (Å²) >= 11 is 0. The minimum Gasteiger partial charge on any atom is -0.497 e. The van der Waals surface area contributed by atoms with Crippen LogP contribution in [0.1, 0.15) is 42.9 Å². The summed E-state index contributed by atoms with van der Waals surface area (Å²) < 4.78 is 5.34. The first-order valence-electron chi connectivity index (χ1n) is 7.50. The van der Waals surface area contributed by atoms with Gasteiger partial charge in [-0.05, 0) is 49.2 Å². The Hall–Kier alpha value is -1.06. The second-order valence-electron chi connectivity index (χ2n) is 5.66. The second kappa shape index (κ2) is 5.93. The standard InChI is InChI=1S/C16H24N2O/c1-19-14-6-7-15-13(10-14)11-17-12-16(15)18-8-4-2-3-5-9-18/h6-7,10,16-17H,2-5,8-9,11-12H2,1H3/t16-/m0/s1. The molecule has 2 aliphatic rings. The quantitative estimate of drug-likeness (QED) is 0.885. The molecule has 19 heavy (non-hydrogen) atoms. The van der Waals surface area contributed by atoms with Crippen molar-refractivity contribution in [2.75, 3.05) is 26.7 Å². The Morgan fingerprint density at radius 1 is 1.16 bits per heavy atom. The highest BCUT2D eigenvalue weighted by Crippen LogP contribution is 2.31. The molecule has 0 spiro atoms. The van der Waals surface area contributed by atoms with Crippen molar-refractivity contribution < 1.29 is 4.74 Å². The fourth-order valence-corrected chi connectivity index (χ4v) is 3.37. The predicted octanol–water partition coefficient (Wildman–Crippen LogP) is 2.72. The normalized spacial score (nSPS) is 24.6. The van der Waals surface area contributed by atoms with Gasteiger partial charge >= 0.3 is 0 Å². The van der Waals surface area contributed by atoms with Gasteiger partial charge in [-0.2, -0.15) is 0 Å². The molecule has 0 bridgehead atoms. The van der Waals surface area contributed by atoms with E-state index in [2.05, 4.69) is 28.4 Å². The highest BCUT2D eigenvalue weighted by atomic mass is 16.5. The number of nitrogens with one attached hydrogen (secondary N) is 1. The molecule has 1 aromatic carbocycles. The predicted molar refractivity (Wildman–Crippen MR) is 77.5 cm³/mol. The minimum atomic E-state index is 0.549. The number of ether oxygens (including phenoxy) is 1. The van der Waals surface area contributed by atoms with Gasteiger partial charge in [-0.25, -0.2) is 0 Å². The zero-order valence-corrected chi connectivity index (χ0v) is 11.8. The van der Waals surface area contributed by atoms with Gasteiger partial charge in [0.2, 0.25) is 0 Å². The van der Waals surface area contributed by atoms with Crippen molar-refractivity contribution in [3.05, 3.63) is 29.3 Å². The topological polar surface area (TPSA) is 24.5 Å². The zero-order chi connectivity index (χ0) is 13.1. The molecule has 0 aliphatic carbocycles. The van der Waals surface area contributed by atoms with E-state index >= 15 is 0 Å². The maximum Gasteiger partial charge on any atom is 0.119 e.